The van der Waals surface area contributed by atoms with Gasteiger partial charge in [0.25, 0.3) is 0 Å². The zero-order valence-electron chi connectivity index (χ0n) is 5.89. The van der Waals surface area contributed by atoms with Gasteiger partial charge in [0.1, 0.15) is 0 Å². The van der Waals surface area contributed by atoms with Crippen LogP contribution >= 0.6 is 31.9 Å². The Morgan fingerprint density at radius 1 is 1.30 bits per heavy atom. The molecule has 0 heterocycles. The molecule has 0 N–H and O–H groups in total. The molecule has 2 heteroatoms. The molecule has 0 aromatic rings. The number of rotatable bonds is 1. The molecule has 0 amide bonds. The summed E-state index contributed by atoms with van der Waals surface area (Å²) in [5, 5.41) is 0. The van der Waals surface area contributed by atoms with Gasteiger partial charge >= 0.3 is 0 Å². The lowest BCUT2D eigenvalue weighted by atomic mass is 9.89. The highest BCUT2D eigenvalue weighted by Gasteiger charge is 2.24. The summed E-state index contributed by atoms with van der Waals surface area (Å²) in [5.74, 6) is 0.689. The van der Waals surface area contributed by atoms with Gasteiger partial charge in [-0.3, -0.25) is 0 Å². The normalized spacial score (nSPS) is 41.2. The number of halogens is 2. The third-order valence-electron chi connectivity index (χ3n) is 2.06. The van der Waals surface area contributed by atoms with Crippen LogP contribution in [0.2, 0.25) is 0 Å². The number of hydrogen-bond donors (Lipinski definition) is 0. The molecule has 0 aromatic carbocycles. The van der Waals surface area contributed by atoms with E-state index in [1.807, 2.05) is 0 Å². The first-order valence-electron chi connectivity index (χ1n) is 3.64. The predicted octanol–water partition coefficient (Wildman–Crippen LogP) is 3.50. The van der Waals surface area contributed by atoms with Gasteiger partial charge in [-0.1, -0.05) is 37.9 Å². The standard InChI is InChI=1S/C8H12Br2/c1-2-6-3-4-7(9)5-8(6)10/h2,6-8H,1,3-5H2. The highest BCUT2D eigenvalue weighted by atomic mass is 79.9. The van der Waals surface area contributed by atoms with Gasteiger partial charge in [-0.05, 0) is 25.2 Å². The van der Waals surface area contributed by atoms with Gasteiger partial charge in [0.2, 0.25) is 0 Å². The van der Waals surface area contributed by atoms with Gasteiger partial charge in [-0.2, -0.15) is 0 Å². The van der Waals surface area contributed by atoms with Gasteiger partial charge in [0.15, 0.2) is 0 Å². The monoisotopic (exact) mass is 266 g/mol. The van der Waals surface area contributed by atoms with Crippen molar-refractivity contribution in [3.63, 3.8) is 0 Å². The second kappa shape index (κ2) is 3.91. The Kier molecular flexibility index (Phi) is 3.44. The fraction of sp³-hybridized carbons (Fsp3) is 0.750. The summed E-state index contributed by atoms with van der Waals surface area (Å²) in [5.41, 5.74) is 0. The van der Waals surface area contributed by atoms with E-state index in [0.717, 1.165) is 0 Å². The molecule has 58 valence electrons. The Hall–Kier alpha value is 0.700. The van der Waals surface area contributed by atoms with Crippen molar-refractivity contribution in [2.75, 3.05) is 0 Å². The first-order chi connectivity index (χ1) is 4.74. The summed E-state index contributed by atoms with van der Waals surface area (Å²) in [7, 11) is 0. The zero-order chi connectivity index (χ0) is 7.56. The molecule has 0 aliphatic heterocycles. The van der Waals surface area contributed by atoms with E-state index in [0.29, 0.717) is 15.6 Å². The fourth-order valence-corrected chi connectivity index (χ4v) is 3.46. The third kappa shape index (κ3) is 2.09. The molecule has 1 aliphatic carbocycles. The summed E-state index contributed by atoms with van der Waals surface area (Å²) < 4.78 is 0. The molecular weight excluding hydrogens is 256 g/mol. The molecule has 1 rings (SSSR count). The third-order valence-corrected chi connectivity index (χ3v) is 3.95. The maximum absolute atomic E-state index is 3.81. The molecule has 1 saturated carbocycles. The molecular formula is C8H12Br2. The van der Waals surface area contributed by atoms with Crippen molar-refractivity contribution >= 4 is 31.9 Å². The van der Waals surface area contributed by atoms with Gasteiger partial charge in [0.05, 0.1) is 0 Å². The lowest BCUT2D eigenvalue weighted by molar-refractivity contribution is 0.451. The summed E-state index contributed by atoms with van der Waals surface area (Å²) in [6.07, 6.45) is 5.86. The molecule has 0 aromatic heterocycles. The van der Waals surface area contributed by atoms with Gasteiger partial charge in [-0.25, -0.2) is 0 Å². The van der Waals surface area contributed by atoms with Crippen molar-refractivity contribution in [3.05, 3.63) is 12.7 Å². The maximum Gasteiger partial charge on any atom is 0.0219 e. The average Bonchev–Trinajstić information content (AvgIpc) is 1.88. The van der Waals surface area contributed by atoms with Gasteiger partial charge in [-0.15, -0.1) is 6.58 Å². The van der Waals surface area contributed by atoms with Crippen molar-refractivity contribution in [1.82, 2.24) is 0 Å². The van der Waals surface area contributed by atoms with Crippen molar-refractivity contribution < 1.29 is 0 Å². The topological polar surface area (TPSA) is 0 Å². The predicted molar refractivity (Wildman–Crippen MR) is 53.0 cm³/mol. The van der Waals surface area contributed by atoms with Crippen LogP contribution < -0.4 is 0 Å². The van der Waals surface area contributed by atoms with Crippen LogP contribution in [0, 0.1) is 5.92 Å². The Bertz CT molecular complexity index is 122. The molecule has 0 bridgehead atoms. The Morgan fingerprint density at radius 2 is 2.00 bits per heavy atom. The quantitative estimate of drug-likeness (QED) is 0.504. The molecule has 1 aliphatic rings. The van der Waals surface area contributed by atoms with Crippen molar-refractivity contribution in [3.8, 4) is 0 Å². The Morgan fingerprint density at radius 3 is 2.50 bits per heavy atom. The molecule has 10 heavy (non-hydrogen) atoms. The molecule has 3 unspecified atom stereocenters. The van der Waals surface area contributed by atoms with E-state index in [1.165, 1.54) is 19.3 Å². The zero-order valence-corrected chi connectivity index (χ0v) is 9.07. The fourth-order valence-electron chi connectivity index (χ4n) is 1.36. The van der Waals surface area contributed by atoms with Crippen molar-refractivity contribution in [1.29, 1.82) is 0 Å². The van der Waals surface area contributed by atoms with E-state index < -0.39 is 0 Å². The maximum atomic E-state index is 3.81. The molecule has 0 nitrogen and oxygen atoms in total. The number of alkyl halides is 2. The summed E-state index contributed by atoms with van der Waals surface area (Å²) in [4.78, 5) is 1.36. The minimum absolute atomic E-state index is 0.642. The Balaban J connectivity index is 2.43. The largest absolute Gasteiger partial charge is 0.103 e. The lowest BCUT2D eigenvalue weighted by Gasteiger charge is -2.27. The molecule has 1 fully saturated rings. The van der Waals surface area contributed by atoms with Crippen molar-refractivity contribution in [2.45, 2.75) is 28.9 Å². The minimum Gasteiger partial charge on any atom is -0.103 e. The number of allylic oxidation sites excluding steroid dienone is 1. The molecule has 0 spiro atoms. The summed E-state index contributed by atoms with van der Waals surface area (Å²) in [6, 6.07) is 0. The van der Waals surface area contributed by atoms with E-state index in [4.69, 9.17) is 0 Å². The Labute approximate surface area is 79.3 Å². The minimum atomic E-state index is 0.642. The van der Waals surface area contributed by atoms with E-state index in [-0.39, 0.29) is 0 Å². The van der Waals surface area contributed by atoms with Crippen LogP contribution in [0.3, 0.4) is 0 Å². The van der Waals surface area contributed by atoms with E-state index >= 15 is 0 Å². The first kappa shape index (κ1) is 8.79. The number of hydrogen-bond acceptors (Lipinski definition) is 0. The van der Waals surface area contributed by atoms with Gasteiger partial charge < -0.3 is 0 Å². The highest BCUT2D eigenvalue weighted by molar-refractivity contribution is 9.10. The van der Waals surface area contributed by atoms with Crippen LogP contribution in [0.15, 0.2) is 12.7 Å². The first-order valence-corrected chi connectivity index (χ1v) is 5.48. The van der Waals surface area contributed by atoms with Crippen LogP contribution in [-0.4, -0.2) is 9.65 Å². The van der Waals surface area contributed by atoms with Gasteiger partial charge in [0, 0.05) is 9.65 Å². The summed E-state index contributed by atoms with van der Waals surface area (Å²) >= 11 is 7.28. The smallest absolute Gasteiger partial charge is 0.0219 e. The van der Waals surface area contributed by atoms with Crippen LogP contribution in [0.1, 0.15) is 19.3 Å². The van der Waals surface area contributed by atoms with E-state index in [1.54, 1.807) is 0 Å². The molecule has 0 radical (unpaired) electrons. The van der Waals surface area contributed by atoms with Crippen LogP contribution in [0.4, 0.5) is 0 Å². The van der Waals surface area contributed by atoms with E-state index in [9.17, 15) is 0 Å². The molecule has 0 saturated heterocycles. The van der Waals surface area contributed by atoms with E-state index in [2.05, 4.69) is 44.5 Å². The van der Waals surface area contributed by atoms with Crippen LogP contribution in [-0.2, 0) is 0 Å². The van der Waals surface area contributed by atoms with Crippen molar-refractivity contribution in [2.24, 2.45) is 5.92 Å². The van der Waals surface area contributed by atoms with Crippen LogP contribution in [0.25, 0.3) is 0 Å². The second-order valence-corrected chi connectivity index (χ2v) is 5.30. The lowest BCUT2D eigenvalue weighted by Crippen LogP contribution is -2.23. The van der Waals surface area contributed by atoms with Crippen LogP contribution in [0.5, 0.6) is 0 Å². The average molecular weight is 268 g/mol. The summed E-state index contributed by atoms with van der Waals surface area (Å²) in [6.45, 7) is 3.81. The second-order valence-electron chi connectivity index (χ2n) is 2.83. The molecule has 3 atom stereocenters. The SMILES string of the molecule is C=CC1CCC(Br)CC1Br. The highest BCUT2D eigenvalue weighted by Crippen LogP contribution is 2.33.